The van der Waals surface area contributed by atoms with Gasteiger partial charge in [0.2, 0.25) is 11.8 Å². The lowest BCUT2D eigenvalue weighted by molar-refractivity contribution is -0.137. The number of carbonyl (C=O) groups is 2. The van der Waals surface area contributed by atoms with Crippen molar-refractivity contribution in [2.24, 2.45) is 5.92 Å². The third kappa shape index (κ3) is 2.83. The third-order valence-corrected chi connectivity index (χ3v) is 3.85. The standard InChI is InChI=1S/C13H23N3O2/c1-9-6-16(7-10(2)14-9)13(18)12-4-5-15(8-12)11(3)17/h9-10,12,14H,4-8H2,1-3H3/t9-,10+,12-/m1/s1. The molecule has 0 aromatic carbocycles. The van der Waals surface area contributed by atoms with Gasteiger partial charge >= 0.3 is 0 Å². The van der Waals surface area contributed by atoms with Gasteiger partial charge in [-0.05, 0) is 20.3 Å². The SMILES string of the molecule is CC(=O)N1CC[C@@H](C(=O)N2C[C@@H](C)N[C@@H](C)C2)C1. The van der Waals surface area contributed by atoms with Crippen LogP contribution in [-0.4, -0.2) is 59.9 Å². The van der Waals surface area contributed by atoms with E-state index in [0.717, 1.165) is 26.1 Å². The molecule has 5 nitrogen and oxygen atoms in total. The van der Waals surface area contributed by atoms with Gasteiger partial charge in [0, 0.05) is 45.2 Å². The summed E-state index contributed by atoms with van der Waals surface area (Å²) < 4.78 is 0. The molecule has 0 unspecified atom stereocenters. The van der Waals surface area contributed by atoms with Crippen molar-refractivity contribution in [2.75, 3.05) is 26.2 Å². The van der Waals surface area contributed by atoms with Gasteiger partial charge in [-0.15, -0.1) is 0 Å². The summed E-state index contributed by atoms with van der Waals surface area (Å²) in [5, 5.41) is 3.42. The maximum absolute atomic E-state index is 12.4. The summed E-state index contributed by atoms with van der Waals surface area (Å²) in [6, 6.07) is 0.700. The average Bonchev–Trinajstić information content (AvgIpc) is 2.75. The van der Waals surface area contributed by atoms with Crippen LogP contribution in [0.25, 0.3) is 0 Å². The molecule has 2 heterocycles. The minimum atomic E-state index is 0.00593. The maximum atomic E-state index is 12.4. The molecule has 2 rings (SSSR count). The Morgan fingerprint density at radius 1 is 1.06 bits per heavy atom. The van der Waals surface area contributed by atoms with Crippen LogP contribution in [0.1, 0.15) is 27.2 Å². The number of hydrogen-bond donors (Lipinski definition) is 1. The number of hydrogen-bond acceptors (Lipinski definition) is 3. The van der Waals surface area contributed by atoms with Crippen LogP contribution in [-0.2, 0) is 9.59 Å². The van der Waals surface area contributed by atoms with Crippen molar-refractivity contribution in [3.05, 3.63) is 0 Å². The number of piperazine rings is 1. The molecule has 0 radical (unpaired) electrons. The lowest BCUT2D eigenvalue weighted by atomic mass is 10.0. The number of rotatable bonds is 1. The largest absolute Gasteiger partial charge is 0.342 e. The predicted molar refractivity (Wildman–Crippen MR) is 69.0 cm³/mol. The van der Waals surface area contributed by atoms with E-state index in [0.29, 0.717) is 18.6 Å². The van der Waals surface area contributed by atoms with E-state index >= 15 is 0 Å². The van der Waals surface area contributed by atoms with E-state index in [1.165, 1.54) is 0 Å². The maximum Gasteiger partial charge on any atom is 0.227 e. The van der Waals surface area contributed by atoms with Gasteiger partial charge in [-0.1, -0.05) is 0 Å². The molecule has 1 N–H and O–H groups in total. The van der Waals surface area contributed by atoms with Crippen molar-refractivity contribution in [1.82, 2.24) is 15.1 Å². The molecule has 3 atom stereocenters. The summed E-state index contributed by atoms with van der Waals surface area (Å²) in [5.41, 5.74) is 0. The molecule has 0 aliphatic carbocycles. The fourth-order valence-electron chi connectivity index (χ4n) is 3.01. The number of nitrogens with one attached hydrogen (secondary N) is 1. The van der Waals surface area contributed by atoms with Gasteiger partial charge in [0.25, 0.3) is 0 Å². The second kappa shape index (κ2) is 5.26. The van der Waals surface area contributed by atoms with Gasteiger partial charge in [0.05, 0.1) is 5.92 Å². The smallest absolute Gasteiger partial charge is 0.227 e. The molecular weight excluding hydrogens is 230 g/mol. The lowest BCUT2D eigenvalue weighted by Gasteiger charge is -2.37. The third-order valence-electron chi connectivity index (χ3n) is 3.85. The van der Waals surface area contributed by atoms with Gasteiger partial charge in [-0.2, -0.15) is 0 Å². The van der Waals surface area contributed by atoms with Crippen molar-refractivity contribution in [1.29, 1.82) is 0 Å². The summed E-state index contributed by atoms with van der Waals surface area (Å²) in [4.78, 5) is 27.4. The zero-order valence-corrected chi connectivity index (χ0v) is 11.5. The molecule has 18 heavy (non-hydrogen) atoms. The van der Waals surface area contributed by atoms with Crippen molar-refractivity contribution in [3.8, 4) is 0 Å². The van der Waals surface area contributed by atoms with Crippen molar-refractivity contribution < 1.29 is 9.59 Å². The van der Waals surface area contributed by atoms with Crippen LogP contribution in [0.2, 0.25) is 0 Å². The summed E-state index contributed by atoms with van der Waals surface area (Å²) >= 11 is 0. The molecule has 0 bridgehead atoms. The first-order chi connectivity index (χ1) is 8.47. The quantitative estimate of drug-likeness (QED) is 0.719. The molecule has 0 aromatic heterocycles. The Hall–Kier alpha value is -1.10. The first kappa shape index (κ1) is 13.3. The van der Waals surface area contributed by atoms with Gasteiger partial charge in [-0.3, -0.25) is 9.59 Å². The van der Waals surface area contributed by atoms with Gasteiger partial charge < -0.3 is 15.1 Å². The van der Waals surface area contributed by atoms with Crippen LogP contribution in [0.4, 0.5) is 0 Å². The van der Waals surface area contributed by atoms with E-state index in [9.17, 15) is 9.59 Å². The normalized spacial score (nSPS) is 32.7. The zero-order valence-electron chi connectivity index (χ0n) is 11.5. The van der Waals surface area contributed by atoms with Crippen LogP contribution in [0, 0.1) is 5.92 Å². The summed E-state index contributed by atoms with van der Waals surface area (Å²) in [6.45, 7) is 8.66. The van der Waals surface area contributed by atoms with Crippen LogP contribution in [0.3, 0.4) is 0 Å². The number of carbonyl (C=O) groups excluding carboxylic acids is 2. The van der Waals surface area contributed by atoms with Gasteiger partial charge in [-0.25, -0.2) is 0 Å². The molecule has 2 aliphatic rings. The molecule has 0 aromatic rings. The van der Waals surface area contributed by atoms with Crippen molar-refractivity contribution in [2.45, 2.75) is 39.3 Å². The zero-order chi connectivity index (χ0) is 13.3. The minimum absolute atomic E-state index is 0.00593. The highest BCUT2D eigenvalue weighted by Gasteiger charge is 2.34. The summed E-state index contributed by atoms with van der Waals surface area (Å²) in [6.07, 6.45) is 0.811. The predicted octanol–water partition coefficient (Wildman–Crippen LogP) is 0.0636. The van der Waals surface area contributed by atoms with E-state index < -0.39 is 0 Å². The van der Waals surface area contributed by atoms with Gasteiger partial charge in [0.15, 0.2) is 0 Å². The van der Waals surface area contributed by atoms with Crippen molar-refractivity contribution >= 4 is 11.8 Å². The van der Waals surface area contributed by atoms with E-state index in [1.54, 1.807) is 11.8 Å². The van der Waals surface area contributed by atoms with Crippen LogP contribution in [0.5, 0.6) is 0 Å². The molecule has 2 amide bonds. The molecule has 5 heteroatoms. The van der Waals surface area contributed by atoms with E-state index in [1.807, 2.05) is 4.90 Å². The topological polar surface area (TPSA) is 52.7 Å². The summed E-state index contributed by atoms with van der Waals surface area (Å²) in [7, 11) is 0. The number of likely N-dealkylation sites (tertiary alicyclic amines) is 1. The second-order valence-electron chi connectivity index (χ2n) is 5.66. The highest BCUT2D eigenvalue weighted by atomic mass is 16.2. The highest BCUT2D eigenvalue weighted by Crippen LogP contribution is 2.20. The first-order valence-corrected chi connectivity index (χ1v) is 6.77. The monoisotopic (exact) mass is 253 g/mol. The first-order valence-electron chi connectivity index (χ1n) is 6.77. The second-order valence-corrected chi connectivity index (χ2v) is 5.66. The number of nitrogens with zero attached hydrogens (tertiary/aromatic N) is 2. The Labute approximate surface area is 108 Å². The minimum Gasteiger partial charge on any atom is -0.342 e. The molecule has 2 saturated heterocycles. The number of amides is 2. The molecule has 0 spiro atoms. The average molecular weight is 253 g/mol. The Bertz CT molecular complexity index is 335. The van der Waals surface area contributed by atoms with Crippen LogP contribution < -0.4 is 5.32 Å². The fraction of sp³-hybridized carbons (Fsp3) is 0.846. The Balaban J connectivity index is 1.93. The lowest BCUT2D eigenvalue weighted by Crippen LogP contribution is -2.57. The summed E-state index contributed by atoms with van der Waals surface area (Å²) in [5.74, 6) is 0.303. The Morgan fingerprint density at radius 3 is 2.17 bits per heavy atom. The highest BCUT2D eigenvalue weighted by molar-refractivity contribution is 5.81. The van der Waals surface area contributed by atoms with Crippen LogP contribution in [0.15, 0.2) is 0 Å². The van der Waals surface area contributed by atoms with Crippen molar-refractivity contribution in [3.63, 3.8) is 0 Å². The Kier molecular flexibility index (Phi) is 3.90. The molecular formula is C13H23N3O2. The van der Waals surface area contributed by atoms with E-state index in [2.05, 4.69) is 19.2 Å². The van der Waals surface area contributed by atoms with E-state index in [-0.39, 0.29) is 17.7 Å². The fourth-order valence-corrected chi connectivity index (χ4v) is 3.01. The van der Waals surface area contributed by atoms with Crippen LogP contribution >= 0.6 is 0 Å². The van der Waals surface area contributed by atoms with Gasteiger partial charge in [0.1, 0.15) is 0 Å². The molecule has 0 saturated carbocycles. The molecule has 2 aliphatic heterocycles. The molecule has 2 fully saturated rings. The Morgan fingerprint density at radius 2 is 1.67 bits per heavy atom. The molecule has 102 valence electrons. The van der Waals surface area contributed by atoms with E-state index in [4.69, 9.17) is 0 Å².